The van der Waals surface area contributed by atoms with Crippen LogP contribution in [-0.2, 0) is 4.74 Å². The van der Waals surface area contributed by atoms with E-state index in [0.717, 1.165) is 56.8 Å². The van der Waals surface area contributed by atoms with Crippen molar-refractivity contribution in [3.8, 4) is 0 Å². The van der Waals surface area contributed by atoms with E-state index >= 15 is 0 Å². The van der Waals surface area contributed by atoms with Gasteiger partial charge in [0.1, 0.15) is 11.4 Å². The Kier molecular flexibility index (Phi) is 5.06. The van der Waals surface area contributed by atoms with Gasteiger partial charge in [0.05, 0.1) is 42.4 Å². The van der Waals surface area contributed by atoms with Crippen molar-refractivity contribution in [1.29, 1.82) is 0 Å². The fourth-order valence-electron chi connectivity index (χ4n) is 5.43. The van der Waals surface area contributed by atoms with Crippen molar-refractivity contribution in [3.05, 3.63) is 35.9 Å². The number of amides is 1. The molecule has 2 aliphatic heterocycles. The van der Waals surface area contributed by atoms with Crippen molar-refractivity contribution in [2.75, 3.05) is 30.0 Å². The Morgan fingerprint density at radius 2 is 2.12 bits per heavy atom. The first-order valence-electron chi connectivity index (χ1n) is 11.8. The van der Waals surface area contributed by atoms with Crippen LogP contribution >= 0.6 is 0 Å². The molecule has 174 valence electrons. The molecule has 3 aromatic rings. The average Bonchev–Trinajstić information content (AvgIpc) is 3.63. The van der Waals surface area contributed by atoms with Crippen LogP contribution in [0, 0.1) is 12.8 Å². The molecule has 5 heterocycles. The van der Waals surface area contributed by atoms with Gasteiger partial charge >= 0.3 is 0 Å². The topological polar surface area (TPSA) is 110 Å². The molecule has 3 fully saturated rings. The molecule has 2 atom stereocenters. The SMILES string of the molecule is Cc1nn(C2CCC(CO)CC2)cc1NC(=O)c1cnn2ccc(N3C[C@H]4C[C@@H]3CO4)nc12. The van der Waals surface area contributed by atoms with Crippen LogP contribution in [0.2, 0.25) is 0 Å². The Labute approximate surface area is 191 Å². The first-order valence-corrected chi connectivity index (χ1v) is 11.8. The van der Waals surface area contributed by atoms with Crippen LogP contribution in [0.4, 0.5) is 11.5 Å². The minimum atomic E-state index is -0.243. The molecule has 2 N–H and O–H groups in total. The van der Waals surface area contributed by atoms with Gasteiger partial charge in [-0.05, 0) is 51.0 Å². The minimum Gasteiger partial charge on any atom is -0.396 e. The van der Waals surface area contributed by atoms with Gasteiger partial charge in [-0.25, -0.2) is 9.50 Å². The van der Waals surface area contributed by atoms with Gasteiger partial charge in [0.15, 0.2) is 5.65 Å². The lowest BCUT2D eigenvalue weighted by molar-refractivity contribution is 0.0988. The molecule has 0 aromatic carbocycles. The summed E-state index contributed by atoms with van der Waals surface area (Å²) in [6.45, 7) is 3.73. The number of aliphatic hydroxyl groups excluding tert-OH is 1. The van der Waals surface area contributed by atoms with Gasteiger partial charge in [-0.3, -0.25) is 9.48 Å². The van der Waals surface area contributed by atoms with E-state index in [-0.39, 0.29) is 18.6 Å². The lowest BCUT2D eigenvalue weighted by Crippen LogP contribution is -2.37. The Morgan fingerprint density at radius 3 is 2.85 bits per heavy atom. The van der Waals surface area contributed by atoms with Gasteiger partial charge in [0.2, 0.25) is 0 Å². The molecule has 3 aromatic heterocycles. The van der Waals surface area contributed by atoms with Gasteiger partial charge in [0, 0.05) is 25.5 Å². The summed E-state index contributed by atoms with van der Waals surface area (Å²) in [6.07, 6.45) is 10.6. The summed E-state index contributed by atoms with van der Waals surface area (Å²) in [4.78, 5) is 20.2. The molecule has 0 unspecified atom stereocenters. The molecule has 1 aliphatic carbocycles. The third kappa shape index (κ3) is 3.67. The minimum absolute atomic E-state index is 0.243. The fourth-order valence-corrected chi connectivity index (χ4v) is 5.43. The number of aromatic nitrogens is 5. The van der Waals surface area contributed by atoms with E-state index < -0.39 is 0 Å². The largest absolute Gasteiger partial charge is 0.396 e. The third-order valence-electron chi connectivity index (χ3n) is 7.41. The number of morpholine rings is 1. The van der Waals surface area contributed by atoms with Crippen molar-refractivity contribution in [3.63, 3.8) is 0 Å². The molecule has 10 heteroatoms. The Bertz CT molecular complexity index is 1180. The maximum absolute atomic E-state index is 13.2. The maximum Gasteiger partial charge on any atom is 0.261 e. The Morgan fingerprint density at radius 1 is 1.27 bits per heavy atom. The van der Waals surface area contributed by atoms with Crippen LogP contribution in [-0.4, -0.2) is 67.3 Å². The second-order valence-electron chi connectivity index (χ2n) is 9.53. The van der Waals surface area contributed by atoms with E-state index in [4.69, 9.17) is 9.72 Å². The number of carbonyl (C=O) groups is 1. The van der Waals surface area contributed by atoms with Crippen LogP contribution < -0.4 is 10.2 Å². The lowest BCUT2D eigenvalue weighted by atomic mass is 9.87. The zero-order chi connectivity index (χ0) is 22.5. The number of fused-ring (bicyclic) bond motifs is 3. The van der Waals surface area contributed by atoms with E-state index in [1.54, 1.807) is 10.7 Å². The lowest BCUT2D eigenvalue weighted by Gasteiger charge is -2.27. The highest BCUT2D eigenvalue weighted by molar-refractivity contribution is 6.08. The van der Waals surface area contributed by atoms with E-state index in [0.29, 0.717) is 34.9 Å². The molecule has 10 nitrogen and oxygen atoms in total. The van der Waals surface area contributed by atoms with Gasteiger partial charge in [-0.1, -0.05) is 0 Å². The second kappa shape index (κ2) is 8.11. The standard InChI is InChI=1S/C23H29N7O3/c1-14-20(11-30(27-14)16-4-2-15(12-31)3-5-16)25-23(32)19-9-24-29-7-6-21(26-22(19)29)28-10-18-8-17(28)13-33-18/h6-7,9,11,15-18,31H,2-5,8,10,12-13H2,1H3,(H,25,32)/t15?,16?,17-,18-/m1/s1. The molecule has 2 bridgehead atoms. The zero-order valence-corrected chi connectivity index (χ0v) is 18.7. The smallest absolute Gasteiger partial charge is 0.261 e. The number of nitrogens with zero attached hydrogens (tertiary/aromatic N) is 6. The molecule has 3 aliphatic rings. The number of nitrogens with one attached hydrogen (secondary N) is 1. The van der Waals surface area contributed by atoms with Crippen molar-refractivity contribution >= 4 is 23.1 Å². The number of aliphatic hydroxyl groups is 1. The van der Waals surface area contributed by atoms with E-state index in [1.165, 1.54) is 0 Å². The summed E-state index contributed by atoms with van der Waals surface area (Å²) in [5.74, 6) is 1.01. The van der Waals surface area contributed by atoms with E-state index in [2.05, 4.69) is 20.4 Å². The van der Waals surface area contributed by atoms with Gasteiger partial charge in [0.25, 0.3) is 5.91 Å². The number of hydrogen-bond acceptors (Lipinski definition) is 7. The molecule has 1 saturated carbocycles. The van der Waals surface area contributed by atoms with Crippen LogP contribution in [0.25, 0.3) is 5.65 Å². The highest BCUT2D eigenvalue weighted by atomic mass is 16.5. The first-order chi connectivity index (χ1) is 16.1. The quantitative estimate of drug-likeness (QED) is 0.612. The highest BCUT2D eigenvalue weighted by Crippen LogP contribution is 2.33. The molecule has 33 heavy (non-hydrogen) atoms. The molecule has 0 spiro atoms. The molecule has 0 radical (unpaired) electrons. The summed E-state index contributed by atoms with van der Waals surface area (Å²) >= 11 is 0. The number of ether oxygens (including phenoxy) is 1. The maximum atomic E-state index is 13.2. The average molecular weight is 452 g/mol. The monoisotopic (exact) mass is 451 g/mol. The fraction of sp³-hybridized carbons (Fsp3) is 0.565. The van der Waals surface area contributed by atoms with Gasteiger partial charge in [-0.2, -0.15) is 10.2 Å². The van der Waals surface area contributed by atoms with Crippen molar-refractivity contribution in [1.82, 2.24) is 24.4 Å². The number of hydrogen-bond donors (Lipinski definition) is 2. The number of aryl methyl sites for hydroxylation is 1. The zero-order valence-electron chi connectivity index (χ0n) is 18.7. The van der Waals surface area contributed by atoms with Crippen LogP contribution in [0.1, 0.15) is 54.2 Å². The third-order valence-corrected chi connectivity index (χ3v) is 7.41. The van der Waals surface area contributed by atoms with Crippen LogP contribution in [0.3, 0.4) is 0 Å². The Hall–Kier alpha value is -2.98. The molecular formula is C23H29N7O3. The second-order valence-corrected chi connectivity index (χ2v) is 9.53. The number of rotatable bonds is 5. The van der Waals surface area contributed by atoms with Crippen LogP contribution in [0.15, 0.2) is 24.7 Å². The molecule has 2 saturated heterocycles. The normalized spacial score (nSPS) is 26.9. The van der Waals surface area contributed by atoms with Crippen molar-refractivity contribution in [2.45, 2.75) is 57.2 Å². The summed E-state index contributed by atoms with van der Waals surface area (Å²) in [5, 5.41) is 21.4. The highest BCUT2D eigenvalue weighted by Gasteiger charge is 2.39. The Balaban J connectivity index is 1.21. The predicted octanol–water partition coefficient (Wildman–Crippen LogP) is 2.19. The number of carbonyl (C=O) groups excluding carboxylic acids is 1. The van der Waals surface area contributed by atoms with Crippen molar-refractivity contribution in [2.24, 2.45) is 5.92 Å². The molecule has 1 amide bonds. The predicted molar refractivity (Wildman–Crippen MR) is 121 cm³/mol. The summed E-state index contributed by atoms with van der Waals surface area (Å²) in [6, 6.07) is 2.60. The van der Waals surface area contributed by atoms with Crippen LogP contribution in [0.5, 0.6) is 0 Å². The summed E-state index contributed by atoms with van der Waals surface area (Å²) in [5.41, 5.74) is 2.47. The van der Waals surface area contributed by atoms with Gasteiger partial charge < -0.3 is 20.1 Å². The molecular weight excluding hydrogens is 422 g/mol. The van der Waals surface area contributed by atoms with E-state index in [9.17, 15) is 9.90 Å². The van der Waals surface area contributed by atoms with Gasteiger partial charge in [-0.15, -0.1) is 0 Å². The summed E-state index contributed by atoms with van der Waals surface area (Å²) in [7, 11) is 0. The molecule has 6 rings (SSSR count). The van der Waals surface area contributed by atoms with E-state index in [1.807, 2.05) is 30.1 Å². The van der Waals surface area contributed by atoms with Crippen molar-refractivity contribution < 1.29 is 14.6 Å². The summed E-state index contributed by atoms with van der Waals surface area (Å²) < 4.78 is 9.31. The number of anilines is 2. The first kappa shape index (κ1) is 20.6.